The van der Waals surface area contributed by atoms with E-state index in [1.807, 2.05) is 0 Å². The zero-order valence-electron chi connectivity index (χ0n) is 28.9. The second-order valence-corrected chi connectivity index (χ2v) is 12.4. The molecular weight excluding hydrogens is 540 g/mol. The van der Waals surface area contributed by atoms with Crippen LogP contribution >= 0.6 is 0 Å². The Hall–Kier alpha value is -0.690. The Kier molecular flexibility index (Phi) is 36.9. The van der Waals surface area contributed by atoms with Gasteiger partial charge in [-0.2, -0.15) is 0 Å². The Labute approximate surface area is 267 Å². The summed E-state index contributed by atoms with van der Waals surface area (Å²) < 4.78 is 22.8. The van der Waals surface area contributed by atoms with Gasteiger partial charge in [0.15, 0.2) is 0 Å². The topological polar surface area (TPSA) is 74.2 Å². The van der Waals surface area contributed by atoms with E-state index in [1.165, 1.54) is 135 Å². The Morgan fingerprint density at radius 3 is 1.42 bits per heavy atom. The molecule has 0 aliphatic carbocycles. The van der Waals surface area contributed by atoms with Crippen LogP contribution in [0.4, 0.5) is 0 Å². The number of aliphatic hydroxyl groups excluding tert-OH is 1. The number of ether oxygens (including phenoxy) is 4. The summed E-state index contributed by atoms with van der Waals surface area (Å²) in [6.45, 7) is 7.77. The standard InChI is InChI=1S/C37H74O6/c1-3-5-7-9-11-13-15-17-19-21-23-25-32-42-36(35-43-37(39)27-26-31-41-34-29-38)28-33-40-30-24-22-20-18-16-14-12-10-8-6-4-2/h36,38H,3-35H2,1-2H3. The Balaban J connectivity index is 3.96. The molecule has 1 unspecified atom stereocenters. The molecule has 258 valence electrons. The first-order valence-electron chi connectivity index (χ1n) is 18.8. The summed E-state index contributed by atoms with van der Waals surface area (Å²) in [6, 6.07) is 0. The minimum atomic E-state index is -0.214. The van der Waals surface area contributed by atoms with E-state index in [-0.39, 0.29) is 25.3 Å². The highest BCUT2D eigenvalue weighted by molar-refractivity contribution is 5.69. The molecule has 0 saturated carbocycles. The van der Waals surface area contributed by atoms with Crippen LogP contribution in [0, 0.1) is 0 Å². The fourth-order valence-electron chi connectivity index (χ4n) is 5.34. The highest BCUT2D eigenvalue weighted by atomic mass is 16.6. The second kappa shape index (κ2) is 37.5. The molecule has 0 aliphatic rings. The van der Waals surface area contributed by atoms with Gasteiger partial charge in [0.1, 0.15) is 6.61 Å². The van der Waals surface area contributed by atoms with Gasteiger partial charge in [-0.15, -0.1) is 0 Å². The van der Waals surface area contributed by atoms with Crippen molar-refractivity contribution in [1.82, 2.24) is 0 Å². The van der Waals surface area contributed by atoms with Crippen LogP contribution < -0.4 is 0 Å². The molecule has 0 heterocycles. The molecule has 0 saturated heterocycles. The second-order valence-electron chi connectivity index (χ2n) is 12.4. The fraction of sp³-hybridized carbons (Fsp3) is 0.973. The molecule has 0 aromatic heterocycles. The zero-order valence-corrected chi connectivity index (χ0v) is 28.9. The smallest absolute Gasteiger partial charge is 0.305 e. The average molecular weight is 615 g/mol. The van der Waals surface area contributed by atoms with E-state index in [1.54, 1.807) is 0 Å². The lowest BCUT2D eigenvalue weighted by Gasteiger charge is -2.18. The van der Waals surface area contributed by atoms with Crippen LogP contribution in [0.25, 0.3) is 0 Å². The maximum Gasteiger partial charge on any atom is 0.305 e. The van der Waals surface area contributed by atoms with Crippen molar-refractivity contribution in [1.29, 1.82) is 0 Å². The average Bonchev–Trinajstić information content (AvgIpc) is 3.01. The van der Waals surface area contributed by atoms with E-state index in [0.717, 1.165) is 25.9 Å². The van der Waals surface area contributed by atoms with Gasteiger partial charge in [0.2, 0.25) is 0 Å². The number of hydrogen-bond donors (Lipinski definition) is 1. The quantitative estimate of drug-likeness (QED) is 0.0554. The molecule has 43 heavy (non-hydrogen) atoms. The van der Waals surface area contributed by atoms with E-state index in [2.05, 4.69) is 13.8 Å². The predicted octanol–water partition coefficient (Wildman–Crippen LogP) is 10.1. The van der Waals surface area contributed by atoms with Crippen molar-refractivity contribution in [3.05, 3.63) is 0 Å². The number of rotatable bonds is 37. The van der Waals surface area contributed by atoms with Gasteiger partial charge in [-0.1, -0.05) is 149 Å². The molecule has 0 fully saturated rings. The van der Waals surface area contributed by atoms with Gasteiger partial charge in [0.05, 0.1) is 19.3 Å². The first-order valence-corrected chi connectivity index (χ1v) is 18.8. The molecule has 0 aromatic carbocycles. The third-order valence-corrected chi connectivity index (χ3v) is 8.16. The summed E-state index contributed by atoms with van der Waals surface area (Å²) in [4.78, 5) is 12.2. The maximum atomic E-state index is 12.2. The van der Waals surface area contributed by atoms with Crippen molar-refractivity contribution < 1.29 is 28.8 Å². The molecule has 0 aromatic rings. The van der Waals surface area contributed by atoms with E-state index in [9.17, 15) is 4.79 Å². The van der Waals surface area contributed by atoms with Gasteiger partial charge in [-0.05, 0) is 19.3 Å². The SMILES string of the molecule is CCCCCCCCCCCCCCOC(CCOCCCCCCCCCCCCC)COC(=O)CCCOCCO. The monoisotopic (exact) mass is 615 g/mol. The summed E-state index contributed by atoms with van der Waals surface area (Å²) in [6.07, 6.45) is 32.2. The van der Waals surface area contributed by atoms with Gasteiger partial charge in [0.25, 0.3) is 0 Å². The van der Waals surface area contributed by atoms with Crippen molar-refractivity contribution in [2.24, 2.45) is 0 Å². The molecule has 0 rings (SSSR count). The van der Waals surface area contributed by atoms with Gasteiger partial charge in [-0.3, -0.25) is 4.79 Å². The lowest BCUT2D eigenvalue weighted by molar-refractivity contribution is -0.149. The Morgan fingerprint density at radius 2 is 0.930 bits per heavy atom. The largest absolute Gasteiger partial charge is 0.463 e. The Morgan fingerprint density at radius 1 is 0.512 bits per heavy atom. The fourth-order valence-corrected chi connectivity index (χ4v) is 5.34. The number of aliphatic hydroxyl groups is 1. The minimum absolute atomic E-state index is 0.00395. The summed E-state index contributed by atoms with van der Waals surface area (Å²) in [5, 5.41) is 8.77. The molecule has 0 spiro atoms. The molecular formula is C37H74O6. The van der Waals surface area contributed by atoms with E-state index in [0.29, 0.717) is 39.3 Å². The van der Waals surface area contributed by atoms with Crippen molar-refractivity contribution in [2.75, 3.05) is 46.2 Å². The van der Waals surface area contributed by atoms with Gasteiger partial charge >= 0.3 is 5.97 Å². The van der Waals surface area contributed by atoms with E-state index >= 15 is 0 Å². The maximum absolute atomic E-state index is 12.2. The van der Waals surface area contributed by atoms with Crippen molar-refractivity contribution in [2.45, 2.75) is 187 Å². The number of unbranched alkanes of at least 4 members (excludes halogenated alkanes) is 21. The summed E-state index contributed by atoms with van der Waals surface area (Å²) >= 11 is 0. The molecule has 0 aliphatic heterocycles. The Bertz CT molecular complexity index is 529. The minimum Gasteiger partial charge on any atom is -0.463 e. The normalized spacial score (nSPS) is 12.2. The number of carbonyl (C=O) groups is 1. The number of carbonyl (C=O) groups excluding carboxylic acids is 1. The van der Waals surface area contributed by atoms with Crippen LogP contribution in [-0.2, 0) is 23.7 Å². The van der Waals surface area contributed by atoms with Crippen molar-refractivity contribution >= 4 is 5.97 Å². The molecule has 1 atom stereocenters. The van der Waals surface area contributed by atoms with Gasteiger partial charge in [-0.25, -0.2) is 0 Å². The molecule has 6 nitrogen and oxygen atoms in total. The molecule has 0 amide bonds. The van der Waals surface area contributed by atoms with Crippen LogP contribution in [0.2, 0.25) is 0 Å². The van der Waals surface area contributed by atoms with Gasteiger partial charge in [0, 0.05) is 39.3 Å². The van der Waals surface area contributed by atoms with Crippen LogP contribution in [0.15, 0.2) is 0 Å². The summed E-state index contributed by atoms with van der Waals surface area (Å²) in [5.41, 5.74) is 0. The van der Waals surface area contributed by atoms with E-state index in [4.69, 9.17) is 24.1 Å². The van der Waals surface area contributed by atoms with Crippen molar-refractivity contribution in [3.63, 3.8) is 0 Å². The molecule has 6 heteroatoms. The third kappa shape index (κ3) is 35.7. The lowest BCUT2D eigenvalue weighted by atomic mass is 10.1. The lowest BCUT2D eigenvalue weighted by Crippen LogP contribution is -2.24. The first kappa shape index (κ1) is 42.3. The zero-order chi connectivity index (χ0) is 31.3. The van der Waals surface area contributed by atoms with Crippen LogP contribution in [0.3, 0.4) is 0 Å². The summed E-state index contributed by atoms with van der Waals surface area (Å²) in [7, 11) is 0. The van der Waals surface area contributed by atoms with E-state index < -0.39 is 0 Å². The van der Waals surface area contributed by atoms with Crippen LogP contribution in [-0.4, -0.2) is 63.4 Å². The van der Waals surface area contributed by atoms with Crippen LogP contribution in [0.1, 0.15) is 181 Å². The molecule has 1 N–H and O–H groups in total. The highest BCUT2D eigenvalue weighted by Gasteiger charge is 2.13. The highest BCUT2D eigenvalue weighted by Crippen LogP contribution is 2.14. The predicted molar refractivity (Wildman–Crippen MR) is 181 cm³/mol. The van der Waals surface area contributed by atoms with Crippen molar-refractivity contribution in [3.8, 4) is 0 Å². The number of esters is 1. The molecule has 0 bridgehead atoms. The van der Waals surface area contributed by atoms with Crippen LogP contribution in [0.5, 0.6) is 0 Å². The van der Waals surface area contributed by atoms with Gasteiger partial charge < -0.3 is 24.1 Å². The molecule has 0 radical (unpaired) electrons. The summed E-state index contributed by atoms with van der Waals surface area (Å²) in [5.74, 6) is -0.214. The number of hydrogen-bond acceptors (Lipinski definition) is 6. The third-order valence-electron chi connectivity index (χ3n) is 8.16. The first-order chi connectivity index (χ1) is 21.2.